The van der Waals surface area contributed by atoms with Crippen molar-refractivity contribution in [1.29, 1.82) is 0 Å². The second-order valence-electron chi connectivity index (χ2n) is 4.85. The number of amides is 1. The highest BCUT2D eigenvalue weighted by Gasteiger charge is 2.17. The fourth-order valence-electron chi connectivity index (χ4n) is 2.26. The number of nitrogens with one attached hydrogen (secondary N) is 1. The standard InChI is InChI=1S/C15H21NO5/c1-19-13-4-2-3-11(9-17)15(13)21-10-14(18)16-12-5-7-20-8-6-12/h2-4,12,17H,5-10H2,1H3,(H,16,18). The van der Waals surface area contributed by atoms with Gasteiger partial charge >= 0.3 is 0 Å². The molecule has 0 unspecified atom stereocenters. The summed E-state index contributed by atoms with van der Waals surface area (Å²) in [4.78, 5) is 11.9. The molecule has 1 heterocycles. The van der Waals surface area contributed by atoms with Gasteiger partial charge in [0.15, 0.2) is 18.1 Å². The Kier molecular flexibility index (Phi) is 5.83. The van der Waals surface area contributed by atoms with E-state index in [1.165, 1.54) is 7.11 Å². The highest BCUT2D eigenvalue weighted by atomic mass is 16.5. The van der Waals surface area contributed by atoms with Gasteiger partial charge in [0, 0.05) is 24.8 Å². The molecule has 1 aliphatic rings. The molecule has 0 atom stereocenters. The van der Waals surface area contributed by atoms with Gasteiger partial charge in [0.05, 0.1) is 13.7 Å². The number of hydrogen-bond donors (Lipinski definition) is 2. The minimum atomic E-state index is -0.184. The minimum absolute atomic E-state index is 0.106. The van der Waals surface area contributed by atoms with Gasteiger partial charge < -0.3 is 24.6 Å². The van der Waals surface area contributed by atoms with Crippen LogP contribution in [0.25, 0.3) is 0 Å². The molecule has 0 radical (unpaired) electrons. The first-order chi connectivity index (χ1) is 10.2. The predicted molar refractivity (Wildman–Crippen MR) is 76.4 cm³/mol. The molecule has 0 spiro atoms. The minimum Gasteiger partial charge on any atom is -0.493 e. The van der Waals surface area contributed by atoms with Crippen LogP contribution in [0.1, 0.15) is 18.4 Å². The molecule has 21 heavy (non-hydrogen) atoms. The highest BCUT2D eigenvalue weighted by Crippen LogP contribution is 2.30. The molecule has 1 fully saturated rings. The summed E-state index contributed by atoms with van der Waals surface area (Å²) in [6, 6.07) is 5.36. The number of para-hydroxylation sites is 1. The Labute approximate surface area is 124 Å². The average Bonchev–Trinajstić information content (AvgIpc) is 2.53. The molecule has 1 aromatic rings. The van der Waals surface area contributed by atoms with E-state index in [4.69, 9.17) is 14.2 Å². The number of rotatable bonds is 6. The number of carbonyl (C=O) groups excluding carboxylic acids is 1. The van der Waals surface area contributed by atoms with Crippen molar-refractivity contribution in [3.63, 3.8) is 0 Å². The molecule has 6 nitrogen and oxygen atoms in total. The fourth-order valence-corrected chi connectivity index (χ4v) is 2.26. The average molecular weight is 295 g/mol. The van der Waals surface area contributed by atoms with Crippen LogP contribution in [0.5, 0.6) is 11.5 Å². The second kappa shape index (κ2) is 7.85. The van der Waals surface area contributed by atoms with Crippen molar-refractivity contribution in [2.24, 2.45) is 0 Å². The molecule has 6 heteroatoms. The van der Waals surface area contributed by atoms with Gasteiger partial charge in [-0.15, -0.1) is 0 Å². The number of aliphatic hydroxyl groups is 1. The van der Waals surface area contributed by atoms with Gasteiger partial charge in [-0.2, -0.15) is 0 Å². The molecular formula is C15H21NO5. The van der Waals surface area contributed by atoms with Crippen LogP contribution in [0.2, 0.25) is 0 Å². The van der Waals surface area contributed by atoms with Crippen LogP contribution in [0.3, 0.4) is 0 Å². The quantitative estimate of drug-likeness (QED) is 0.814. The molecule has 0 bridgehead atoms. The summed E-state index contributed by atoms with van der Waals surface area (Å²) >= 11 is 0. The van der Waals surface area contributed by atoms with E-state index in [0.717, 1.165) is 12.8 Å². The third kappa shape index (κ3) is 4.34. The van der Waals surface area contributed by atoms with Crippen LogP contribution in [0.4, 0.5) is 0 Å². The lowest BCUT2D eigenvalue weighted by molar-refractivity contribution is -0.124. The summed E-state index contributed by atoms with van der Waals surface area (Å²) in [7, 11) is 1.52. The summed E-state index contributed by atoms with van der Waals surface area (Å²) in [5, 5.41) is 12.2. The maximum atomic E-state index is 11.9. The van der Waals surface area contributed by atoms with Crippen molar-refractivity contribution >= 4 is 5.91 Å². The number of methoxy groups -OCH3 is 1. The Morgan fingerprint density at radius 3 is 2.86 bits per heavy atom. The third-order valence-electron chi connectivity index (χ3n) is 3.38. The van der Waals surface area contributed by atoms with Gasteiger partial charge in [0.2, 0.25) is 0 Å². The molecule has 116 valence electrons. The van der Waals surface area contributed by atoms with Crippen molar-refractivity contribution in [2.45, 2.75) is 25.5 Å². The van der Waals surface area contributed by atoms with Crippen molar-refractivity contribution in [1.82, 2.24) is 5.32 Å². The molecule has 1 amide bonds. The molecule has 1 aliphatic heterocycles. The van der Waals surface area contributed by atoms with Crippen molar-refractivity contribution in [3.8, 4) is 11.5 Å². The molecular weight excluding hydrogens is 274 g/mol. The second-order valence-corrected chi connectivity index (χ2v) is 4.85. The zero-order valence-corrected chi connectivity index (χ0v) is 12.1. The topological polar surface area (TPSA) is 77.0 Å². The summed E-state index contributed by atoms with van der Waals surface area (Å²) in [5.74, 6) is 0.724. The lowest BCUT2D eigenvalue weighted by Gasteiger charge is -2.23. The van der Waals surface area contributed by atoms with Crippen molar-refractivity contribution in [2.75, 3.05) is 26.9 Å². The van der Waals surface area contributed by atoms with Gasteiger partial charge in [-0.3, -0.25) is 4.79 Å². The first kappa shape index (κ1) is 15.6. The van der Waals surface area contributed by atoms with Crippen LogP contribution in [-0.4, -0.2) is 44.0 Å². The first-order valence-electron chi connectivity index (χ1n) is 7.01. The number of carbonyl (C=O) groups is 1. The maximum Gasteiger partial charge on any atom is 0.258 e. The van der Waals surface area contributed by atoms with E-state index in [1.54, 1.807) is 18.2 Å². The molecule has 0 aliphatic carbocycles. The van der Waals surface area contributed by atoms with Gasteiger partial charge in [-0.25, -0.2) is 0 Å². The molecule has 1 aromatic carbocycles. The SMILES string of the molecule is COc1cccc(CO)c1OCC(=O)NC1CCOCC1. The molecule has 2 N–H and O–H groups in total. The fraction of sp³-hybridized carbons (Fsp3) is 0.533. The van der Waals surface area contributed by atoms with E-state index in [2.05, 4.69) is 5.32 Å². The van der Waals surface area contributed by atoms with Gasteiger partial charge in [-0.05, 0) is 18.9 Å². The van der Waals surface area contributed by atoms with E-state index in [1.807, 2.05) is 0 Å². The normalized spacial score (nSPS) is 15.5. The number of ether oxygens (including phenoxy) is 3. The summed E-state index contributed by atoms with van der Waals surface area (Å²) in [5.41, 5.74) is 0.591. The Bertz CT molecular complexity index is 449. The lowest BCUT2D eigenvalue weighted by atomic mass is 10.1. The largest absolute Gasteiger partial charge is 0.493 e. The van der Waals surface area contributed by atoms with Crippen molar-refractivity contribution in [3.05, 3.63) is 23.8 Å². The van der Waals surface area contributed by atoms with Gasteiger partial charge in [0.1, 0.15) is 0 Å². The predicted octanol–water partition coefficient (Wildman–Crippen LogP) is 0.861. The Hall–Kier alpha value is -1.79. The van der Waals surface area contributed by atoms with E-state index in [9.17, 15) is 9.90 Å². The Balaban J connectivity index is 1.91. The zero-order chi connectivity index (χ0) is 15.1. The monoisotopic (exact) mass is 295 g/mol. The maximum absolute atomic E-state index is 11.9. The Morgan fingerprint density at radius 2 is 2.19 bits per heavy atom. The smallest absolute Gasteiger partial charge is 0.258 e. The van der Waals surface area contributed by atoms with Crippen LogP contribution in [-0.2, 0) is 16.1 Å². The number of benzene rings is 1. The van der Waals surface area contributed by atoms with E-state index < -0.39 is 0 Å². The summed E-state index contributed by atoms with van der Waals surface area (Å²) < 4.78 is 16.0. The van der Waals surface area contributed by atoms with E-state index in [-0.39, 0.29) is 25.2 Å². The molecule has 0 aromatic heterocycles. The van der Waals surface area contributed by atoms with Crippen LogP contribution >= 0.6 is 0 Å². The van der Waals surface area contributed by atoms with Crippen LogP contribution in [0, 0.1) is 0 Å². The van der Waals surface area contributed by atoms with E-state index in [0.29, 0.717) is 30.3 Å². The molecule has 2 rings (SSSR count). The summed E-state index contributed by atoms with van der Waals surface area (Å²) in [6.45, 7) is 1.07. The van der Waals surface area contributed by atoms with Crippen LogP contribution < -0.4 is 14.8 Å². The number of aliphatic hydroxyl groups excluding tert-OH is 1. The van der Waals surface area contributed by atoms with Gasteiger partial charge in [-0.1, -0.05) is 12.1 Å². The first-order valence-corrected chi connectivity index (χ1v) is 7.01. The lowest BCUT2D eigenvalue weighted by Crippen LogP contribution is -2.41. The third-order valence-corrected chi connectivity index (χ3v) is 3.38. The highest BCUT2D eigenvalue weighted by molar-refractivity contribution is 5.78. The van der Waals surface area contributed by atoms with Crippen molar-refractivity contribution < 1.29 is 24.1 Å². The molecule has 0 saturated carbocycles. The molecule has 1 saturated heterocycles. The van der Waals surface area contributed by atoms with Gasteiger partial charge in [0.25, 0.3) is 5.91 Å². The zero-order valence-electron chi connectivity index (χ0n) is 12.1. The number of hydrogen-bond acceptors (Lipinski definition) is 5. The Morgan fingerprint density at radius 1 is 1.43 bits per heavy atom. The van der Waals surface area contributed by atoms with E-state index >= 15 is 0 Å². The summed E-state index contributed by atoms with van der Waals surface area (Å²) in [6.07, 6.45) is 1.64. The van der Waals surface area contributed by atoms with Crippen LogP contribution in [0.15, 0.2) is 18.2 Å².